The molecule has 0 bridgehead atoms. The molecule has 8 heteroatoms. The fourth-order valence-corrected chi connectivity index (χ4v) is 3.43. The molecule has 1 saturated carbocycles. The van der Waals surface area contributed by atoms with Gasteiger partial charge in [0.2, 0.25) is 10.0 Å². The molecule has 7 nitrogen and oxygen atoms in total. The van der Waals surface area contributed by atoms with Gasteiger partial charge in [-0.1, -0.05) is 6.92 Å². The Bertz CT molecular complexity index is 459. The molecule has 1 amide bonds. The predicted octanol–water partition coefficient (Wildman–Crippen LogP) is 0.961. The van der Waals surface area contributed by atoms with E-state index >= 15 is 0 Å². The van der Waals surface area contributed by atoms with Crippen LogP contribution >= 0.6 is 0 Å². The topological polar surface area (TPSA) is 96.5 Å². The van der Waals surface area contributed by atoms with Crippen molar-refractivity contribution in [1.82, 2.24) is 15.4 Å². The fourth-order valence-electron chi connectivity index (χ4n) is 2.46. The van der Waals surface area contributed by atoms with Gasteiger partial charge in [0.25, 0.3) is 0 Å². The lowest BCUT2D eigenvalue weighted by atomic mass is 10.2. The molecule has 0 radical (unpaired) electrons. The second-order valence-electron chi connectivity index (χ2n) is 6.62. The van der Waals surface area contributed by atoms with Crippen molar-refractivity contribution in [2.24, 2.45) is 0 Å². The van der Waals surface area contributed by atoms with Gasteiger partial charge < -0.3 is 15.4 Å². The van der Waals surface area contributed by atoms with Gasteiger partial charge in [-0.15, -0.1) is 0 Å². The standard InChI is InChI=1S/C14H29N3O4S/c1-5-16-22(19,20)9-8-15-11-6-7-12(10-11)17-13(18)21-14(2,3)4/h11-12,15-16H,5-10H2,1-4H3,(H,17,18). The number of sulfonamides is 1. The second-order valence-corrected chi connectivity index (χ2v) is 8.55. The molecule has 3 N–H and O–H groups in total. The van der Waals surface area contributed by atoms with Crippen molar-refractivity contribution < 1.29 is 17.9 Å². The Hall–Kier alpha value is -0.860. The van der Waals surface area contributed by atoms with E-state index in [1.807, 2.05) is 20.8 Å². The van der Waals surface area contributed by atoms with Crippen LogP contribution in [0.4, 0.5) is 4.79 Å². The molecule has 1 aliphatic carbocycles. The Labute approximate surface area is 133 Å². The number of alkyl carbamates (subject to hydrolysis) is 1. The first-order valence-electron chi connectivity index (χ1n) is 7.81. The fraction of sp³-hybridized carbons (Fsp3) is 0.929. The van der Waals surface area contributed by atoms with E-state index in [1.54, 1.807) is 6.92 Å². The van der Waals surface area contributed by atoms with E-state index in [4.69, 9.17) is 4.74 Å². The number of rotatable bonds is 7. The summed E-state index contributed by atoms with van der Waals surface area (Å²) >= 11 is 0. The van der Waals surface area contributed by atoms with Gasteiger partial charge in [0.05, 0.1) is 5.75 Å². The first kappa shape index (κ1) is 19.2. The van der Waals surface area contributed by atoms with Crippen LogP contribution in [0, 0.1) is 0 Å². The average molecular weight is 335 g/mol. The predicted molar refractivity (Wildman–Crippen MR) is 86.3 cm³/mol. The highest BCUT2D eigenvalue weighted by molar-refractivity contribution is 7.89. The van der Waals surface area contributed by atoms with Crippen molar-refractivity contribution in [3.63, 3.8) is 0 Å². The summed E-state index contributed by atoms with van der Waals surface area (Å²) in [4.78, 5) is 11.7. The van der Waals surface area contributed by atoms with Crippen molar-refractivity contribution >= 4 is 16.1 Å². The Balaban J connectivity index is 2.25. The minimum absolute atomic E-state index is 0.0709. The lowest BCUT2D eigenvalue weighted by molar-refractivity contribution is 0.0505. The quantitative estimate of drug-likeness (QED) is 0.644. The molecular formula is C14H29N3O4S. The van der Waals surface area contributed by atoms with E-state index in [0.29, 0.717) is 13.1 Å². The van der Waals surface area contributed by atoms with Gasteiger partial charge in [-0.2, -0.15) is 0 Å². The van der Waals surface area contributed by atoms with Crippen molar-refractivity contribution in [3.05, 3.63) is 0 Å². The number of hydrogen-bond acceptors (Lipinski definition) is 5. The van der Waals surface area contributed by atoms with E-state index in [-0.39, 0.29) is 17.8 Å². The Morgan fingerprint density at radius 3 is 2.45 bits per heavy atom. The highest BCUT2D eigenvalue weighted by Crippen LogP contribution is 2.19. The number of nitrogens with one attached hydrogen (secondary N) is 3. The summed E-state index contributed by atoms with van der Waals surface area (Å²) in [6.07, 6.45) is 2.19. The van der Waals surface area contributed by atoms with Crippen molar-refractivity contribution in [2.75, 3.05) is 18.8 Å². The lowest BCUT2D eigenvalue weighted by Gasteiger charge is -2.21. The molecule has 0 spiro atoms. The van der Waals surface area contributed by atoms with Crippen LogP contribution < -0.4 is 15.4 Å². The molecule has 1 rings (SSSR count). The summed E-state index contributed by atoms with van der Waals surface area (Å²) in [6.45, 7) is 8.07. The normalized spacial score (nSPS) is 22.5. The zero-order valence-corrected chi connectivity index (χ0v) is 14.8. The summed E-state index contributed by atoms with van der Waals surface area (Å²) < 4.78 is 30.7. The van der Waals surface area contributed by atoms with Crippen LogP contribution in [0.2, 0.25) is 0 Å². The summed E-state index contributed by atoms with van der Waals surface area (Å²) in [5.41, 5.74) is -0.499. The third kappa shape index (κ3) is 7.95. The SMILES string of the molecule is CCNS(=O)(=O)CCNC1CCC(NC(=O)OC(C)(C)C)C1. The number of carbonyl (C=O) groups is 1. The van der Waals surface area contributed by atoms with Crippen molar-refractivity contribution in [2.45, 2.75) is 64.6 Å². The van der Waals surface area contributed by atoms with Crippen LogP contribution in [0.25, 0.3) is 0 Å². The van der Waals surface area contributed by atoms with Crippen LogP contribution in [0.1, 0.15) is 47.0 Å². The maximum atomic E-state index is 11.7. The van der Waals surface area contributed by atoms with Gasteiger partial charge in [-0.3, -0.25) is 0 Å². The summed E-state index contributed by atoms with van der Waals surface area (Å²) in [6, 6.07) is 0.314. The number of carbonyl (C=O) groups excluding carboxylic acids is 1. The van der Waals surface area contributed by atoms with Crippen LogP contribution in [-0.2, 0) is 14.8 Å². The molecular weight excluding hydrogens is 306 g/mol. The third-order valence-electron chi connectivity index (χ3n) is 3.32. The summed E-state index contributed by atoms with van der Waals surface area (Å²) in [5.74, 6) is 0.0709. The van der Waals surface area contributed by atoms with E-state index < -0.39 is 21.7 Å². The molecule has 1 aliphatic rings. The zero-order chi connectivity index (χ0) is 16.8. The van der Waals surface area contributed by atoms with Crippen molar-refractivity contribution in [3.8, 4) is 0 Å². The Kier molecular flexibility index (Phi) is 7.08. The minimum atomic E-state index is -3.18. The smallest absolute Gasteiger partial charge is 0.407 e. The molecule has 0 aromatic rings. The van der Waals surface area contributed by atoms with Gasteiger partial charge in [0.15, 0.2) is 0 Å². The van der Waals surface area contributed by atoms with E-state index in [0.717, 1.165) is 19.3 Å². The summed E-state index contributed by atoms with van der Waals surface area (Å²) in [7, 11) is -3.18. The number of ether oxygens (including phenoxy) is 1. The average Bonchev–Trinajstić information content (AvgIpc) is 2.73. The van der Waals surface area contributed by atoms with Crippen molar-refractivity contribution in [1.29, 1.82) is 0 Å². The molecule has 0 aromatic heterocycles. The Morgan fingerprint density at radius 1 is 1.23 bits per heavy atom. The molecule has 1 fully saturated rings. The molecule has 0 aromatic carbocycles. The molecule has 0 aliphatic heterocycles. The van der Waals surface area contributed by atoms with Crippen LogP contribution in [-0.4, -0.2) is 51.0 Å². The molecule has 22 heavy (non-hydrogen) atoms. The van der Waals surface area contributed by atoms with Crippen LogP contribution in [0.5, 0.6) is 0 Å². The third-order valence-corrected chi connectivity index (χ3v) is 4.79. The van der Waals surface area contributed by atoms with Gasteiger partial charge >= 0.3 is 6.09 Å². The number of amides is 1. The lowest BCUT2D eigenvalue weighted by Crippen LogP contribution is -2.39. The number of hydrogen-bond donors (Lipinski definition) is 3. The van der Waals surface area contributed by atoms with E-state index in [2.05, 4.69) is 15.4 Å². The maximum absolute atomic E-state index is 11.7. The first-order chi connectivity index (χ1) is 10.1. The van der Waals surface area contributed by atoms with Gasteiger partial charge in [0.1, 0.15) is 5.60 Å². The molecule has 2 unspecified atom stereocenters. The van der Waals surface area contributed by atoms with E-state index in [1.165, 1.54) is 0 Å². The van der Waals surface area contributed by atoms with E-state index in [9.17, 15) is 13.2 Å². The maximum Gasteiger partial charge on any atom is 0.407 e. The summed E-state index contributed by atoms with van der Waals surface area (Å²) in [5, 5.41) is 6.10. The second kappa shape index (κ2) is 8.12. The van der Waals surface area contributed by atoms with Gasteiger partial charge in [0, 0.05) is 25.2 Å². The highest BCUT2D eigenvalue weighted by Gasteiger charge is 2.27. The highest BCUT2D eigenvalue weighted by atomic mass is 32.2. The van der Waals surface area contributed by atoms with Gasteiger partial charge in [-0.25, -0.2) is 17.9 Å². The monoisotopic (exact) mass is 335 g/mol. The molecule has 2 atom stereocenters. The molecule has 130 valence electrons. The van der Waals surface area contributed by atoms with Gasteiger partial charge in [-0.05, 0) is 40.0 Å². The first-order valence-corrected chi connectivity index (χ1v) is 9.47. The zero-order valence-electron chi connectivity index (χ0n) is 13.9. The van der Waals surface area contributed by atoms with Crippen LogP contribution in [0.15, 0.2) is 0 Å². The Morgan fingerprint density at radius 2 is 1.86 bits per heavy atom. The minimum Gasteiger partial charge on any atom is -0.444 e. The molecule has 0 heterocycles. The largest absolute Gasteiger partial charge is 0.444 e. The van der Waals surface area contributed by atoms with Crippen LogP contribution in [0.3, 0.4) is 0 Å². The molecule has 0 saturated heterocycles.